The second-order valence-electron chi connectivity index (χ2n) is 10.2. The number of ether oxygens (including phenoxy) is 1. The summed E-state index contributed by atoms with van der Waals surface area (Å²) < 4.78 is 36.5. The van der Waals surface area contributed by atoms with Crippen molar-refractivity contribution in [3.8, 4) is 11.8 Å². The zero-order valence-corrected chi connectivity index (χ0v) is 25.0. The number of nitriles is 1. The molecule has 0 spiro atoms. The molecular weight excluding hydrogens is 556 g/mol. The molecule has 224 valence electrons. The molecule has 2 heterocycles. The van der Waals surface area contributed by atoms with Crippen LogP contribution in [0, 0.1) is 17.2 Å². The number of likely N-dealkylation sites (tertiary alicyclic amines) is 1. The first-order valence-corrected chi connectivity index (χ1v) is 15.4. The highest BCUT2D eigenvalue weighted by atomic mass is 32.2. The fourth-order valence-corrected chi connectivity index (χ4v) is 6.09. The van der Waals surface area contributed by atoms with Crippen LogP contribution in [-0.4, -0.2) is 61.1 Å². The Morgan fingerprint density at radius 3 is 2.38 bits per heavy atom. The molecule has 42 heavy (non-hydrogen) atoms. The van der Waals surface area contributed by atoms with E-state index in [1.165, 1.54) is 7.11 Å². The van der Waals surface area contributed by atoms with Crippen LogP contribution in [0.2, 0.25) is 0 Å². The largest absolute Gasteiger partial charge is 0.495 e. The van der Waals surface area contributed by atoms with Crippen molar-refractivity contribution < 1.29 is 27.9 Å². The number of carboxylic acid groups (broad SMARTS) is 1. The highest BCUT2D eigenvalue weighted by Crippen LogP contribution is 2.26. The second-order valence-corrected chi connectivity index (χ2v) is 11.9. The third-order valence-electron chi connectivity index (χ3n) is 7.24. The summed E-state index contributed by atoms with van der Waals surface area (Å²) in [5, 5.41) is 17.7. The highest BCUT2D eigenvalue weighted by molar-refractivity contribution is 7.89. The van der Waals surface area contributed by atoms with Gasteiger partial charge in [-0.3, -0.25) is 4.79 Å². The summed E-state index contributed by atoms with van der Waals surface area (Å²) in [5.74, 6) is -0.337. The lowest BCUT2D eigenvalue weighted by Crippen LogP contribution is -2.51. The molecule has 1 saturated heterocycles. The molecule has 1 amide bonds. The number of rotatable bonds is 10. The Morgan fingerprint density at radius 1 is 1.12 bits per heavy atom. The normalized spacial score (nSPS) is 14.3. The number of piperidine rings is 1. The summed E-state index contributed by atoms with van der Waals surface area (Å²) in [6, 6.07) is 17.9. The van der Waals surface area contributed by atoms with Crippen molar-refractivity contribution in [2.45, 2.75) is 57.0 Å². The molecule has 3 aromatic rings. The van der Waals surface area contributed by atoms with Gasteiger partial charge in [-0.25, -0.2) is 13.2 Å². The number of carboxylic acids is 1. The van der Waals surface area contributed by atoms with Gasteiger partial charge in [0.2, 0.25) is 15.9 Å². The Hall–Kier alpha value is -4.14. The Morgan fingerprint density at radius 2 is 1.81 bits per heavy atom. The molecule has 0 saturated carbocycles. The van der Waals surface area contributed by atoms with Crippen LogP contribution in [0.25, 0.3) is 0 Å². The number of aromatic nitrogens is 1. The van der Waals surface area contributed by atoms with Crippen molar-refractivity contribution in [3.63, 3.8) is 0 Å². The van der Waals surface area contributed by atoms with Gasteiger partial charge in [-0.15, -0.1) is 0 Å². The van der Waals surface area contributed by atoms with Crippen molar-refractivity contribution in [2.24, 2.45) is 5.92 Å². The lowest BCUT2D eigenvalue weighted by Gasteiger charge is -2.33. The summed E-state index contributed by atoms with van der Waals surface area (Å²) in [6.07, 6.45) is 4.45. The molecule has 1 aromatic heterocycles. The number of nitrogens with one attached hydrogen (secondary N) is 1. The number of sulfonamides is 1. The van der Waals surface area contributed by atoms with Crippen LogP contribution in [0.5, 0.6) is 5.75 Å². The quantitative estimate of drug-likeness (QED) is 0.356. The second kappa shape index (κ2) is 15.2. The number of carbonyl (C=O) groups is 2. The van der Waals surface area contributed by atoms with Gasteiger partial charge in [0.05, 0.1) is 12.7 Å². The number of benzene rings is 2. The number of aryl methyl sites for hydroxylation is 2. The highest BCUT2D eigenvalue weighted by Gasteiger charge is 2.32. The zero-order chi connectivity index (χ0) is 30.7. The van der Waals surface area contributed by atoms with Crippen molar-refractivity contribution in [1.82, 2.24) is 14.2 Å². The van der Waals surface area contributed by atoms with E-state index in [-0.39, 0.29) is 23.0 Å². The molecule has 11 heteroatoms. The van der Waals surface area contributed by atoms with Gasteiger partial charge < -0.3 is 19.3 Å². The predicted octanol–water partition coefficient (Wildman–Crippen LogP) is 4.31. The minimum atomic E-state index is -4.03. The topological polar surface area (TPSA) is 142 Å². The first kappa shape index (κ1) is 32.4. The molecule has 1 aliphatic heterocycles. The van der Waals surface area contributed by atoms with E-state index in [2.05, 4.69) is 17.7 Å². The number of methoxy groups -OCH3 is 1. The number of aromatic carboxylic acids is 1. The van der Waals surface area contributed by atoms with E-state index in [1.807, 2.05) is 13.0 Å². The average molecular weight is 595 g/mol. The van der Waals surface area contributed by atoms with Crippen LogP contribution in [0.4, 0.5) is 0 Å². The van der Waals surface area contributed by atoms with Crippen LogP contribution < -0.4 is 9.46 Å². The van der Waals surface area contributed by atoms with Crippen molar-refractivity contribution in [2.75, 3.05) is 20.2 Å². The van der Waals surface area contributed by atoms with Crippen LogP contribution in [0.3, 0.4) is 0 Å². The minimum Gasteiger partial charge on any atom is -0.495 e. The number of hydrogen-bond acceptors (Lipinski definition) is 6. The standard InChI is InChI=1S/C24H32N4O4S.C7H6O2/c1-4-19-7-8-22(32-3)23(16-19)33(30,31)26-21(11-15-27-12-5-6-20(27)17-25)24(29)28-13-9-18(2)10-14-28;8-7(9)6-4-2-1-3-5-6/h5-8,12,16,18,21,26H,4,9-11,13-15H2,1-3H3;1-5H,(H,8,9). The summed E-state index contributed by atoms with van der Waals surface area (Å²) in [6.45, 7) is 5.66. The molecule has 0 aliphatic carbocycles. The van der Waals surface area contributed by atoms with E-state index in [0.717, 1.165) is 18.4 Å². The molecule has 1 aliphatic rings. The summed E-state index contributed by atoms with van der Waals surface area (Å²) in [4.78, 5) is 25.4. The Bertz CT molecular complexity index is 1490. The van der Waals surface area contributed by atoms with E-state index in [4.69, 9.17) is 9.84 Å². The summed E-state index contributed by atoms with van der Waals surface area (Å²) in [7, 11) is -2.61. The molecule has 2 N–H and O–H groups in total. The lowest BCUT2D eigenvalue weighted by molar-refractivity contribution is -0.134. The monoisotopic (exact) mass is 594 g/mol. The van der Waals surface area contributed by atoms with Gasteiger partial charge in [0, 0.05) is 25.8 Å². The van der Waals surface area contributed by atoms with Gasteiger partial charge in [-0.1, -0.05) is 38.1 Å². The van der Waals surface area contributed by atoms with E-state index < -0.39 is 22.0 Å². The Kier molecular flexibility index (Phi) is 11.7. The number of nitrogens with zero attached hydrogens (tertiary/aromatic N) is 3. The van der Waals surface area contributed by atoms with Crippen LogP contribution in [0.1, 0.15) is 54.7 Å². The van der Waals surface area contributed by atoms with Crippen molar-refractivity contribution >= 4 is 21.9 Å². The van der Waals surface area contributed by atoms with E-state index in [1.54, 1.807) is 70.3 Å². The fraction of sp³-hybridized carbons (Fsp3) is 0.387. The number of hydrogen-bond donors (Lipinski definition) is 2. The zero-order valence-electron chi connectivity index (χ0n) is 24.2. The van der Waals surface area contributed by atoms with Crippen LogP contribution in [0.15, 0.2) is 71.8 Å². The predicted molar refractivity (Wildman–Crippen MR) is 159 cm³/mol. The van der Waals surface area contributed by atoms with Crippen LogP contribution >= 0.6 is 0 Å². The molecule has 0 bridgehead atoms. The minimum absolute atomic E-state index is 0.0214. The summed E-state index contributed by atoms with van der Waals surface area (Å²) in [5.41, 5.74) is 1.65. The molecule has 2 aromatic carbocycles. The van der Waals surface area contributed by atoms with Gasteiger partial charge in [-0.2, -0.15) is 9.98 Å². The number of carbonyl (C=O) groups excluding carboxylic acids is 1. The molecular formula is C31H38N4O6S. The van der Waals surface area contributed by atoms with Gasteiger partial charge >= 0.3 is 5.97 Å². The van der Waals surface area contributed by atoms with Gasteiger partial charge in [0.25, 0.3) is 0 Å². The Labute approximate surface area is 247 Å². The maximum Gasteiger partial charge on any atom is 0.335 e. The van der Waals surface area contributed by atoms with Gasteiger partial charge in [0.1, 0.15) is 28.4 Å². The third-order valence-corrected chi connectivity index (χ3v) is 8.73. The molecule has 1 unspecified atom stereocenters. The van der Waals surface area contributed by atoms with Gasteiger partial charge in [-0.05, 0) is 73.6 Å². The molecule has 10 nitrogen and oxygen atoms in total. The van der Waals surface area contributed by atoms with Crippen LogP contribution in [-0.2, 0) is 27.8 Å². The molecule has 0 radical (unpaired) electrons. The van der Waals surface area contributed by atoms with Crippen molar-refractivity contribution in [1.29, 1.82) is 5.26 Å². The molecule has 1 atom stereocenters. The first-order valence-electron chi connectivity index (χ1n) is 13.9. The van der Waals surface area contributed by atoms with Crippen molar-refractivity contribution in [3.05, 3.63) is 83.7 Å². The summed E-state index contributed by atoms with van der Waals surface area (Å²) >= 11 is 0. The fourth-order valence-electron chi connectivity index (χ4n) is 4.64. The lowest BCUT2D eigenvalue weighted by atomic mass is 9.98. The Balaban J connectivity index is 0.000000458. The smallest absolute Gasteiger partial charge is 0.335 e. The average Bonchev–Trinajstić information content (AvgIpc) is 3.47. The molecule has 1 fully saturated rings. The maximum absolute atomic E-state index is 13.4. The number of amides is 1. The maximum atomic E-state index is 13.4. The third kappa shape index (κ3) is 8.68. The molecule has 4 rings (SSSR count). The first-order chi connectivity index (χ1) is 20.1. The SMILES string of the molecule is CCc1ccc(OC)c(S(=O)(=O)NC(CCn2cccc2C#N)C(=O)N2CCC(C)CC2)c1.O=C(O)c1ccccc1. The van der Waals surface area contributed by atoms with E-state index in [9.17, 15) is 23.3 Å². The van der Waals surface area contributed by atoms with E-state index in [0.29, 0.717) is 43.2 Å². The van der Waals surface area contributed by atoms with E-state index >= 15 is 0 Å². The van der Waals surface area contributed by atoms with Gasteiger partial charge in [0.15, 0.2) is 0 Å².